The fourth-order valence-electron chi connectivity index (χ4n) is 2.15. The van der Waals surface area contributed by atoms with Crippen LogP contribution in [0.3, 0.4) is 0 Å². The van der Waals surface area contributed by atoms with Crippen molar-refractivity contribution in [3.05, 3.63) is 57.8 Å². The molecular formula is C16H13BrFNO3. The van der Waals surface area contributed by atoms with Crippen molar-refractivity contribution in [2.75, 3.05) is 13.2 Å². The summed E-state index contributed by atoms with van der Waals surface area (Å²) in [6.07, 6.45) is 0. The third kappa shape index (κ3) is 3.22. The Balaban J connectivity index is 1.68. The van der Waals surface area contributed by atoms with Gasteiger partial charge >= 0.3 is 0 Å². The number of nitrogens with one attached hydrogen (secondary N) is 1. The molecule has 6 heteroatoms. The number of ether oxygens (including phenoxy) is 2. The first-order valence-electron chi connectivity index (χ1n) is 6.75. The van der Waals surface area contributed by atoms with E-state index in [4.69, 9.17) is 9.47 Å². The fourth-order valence-corrected chi connectivity index (χ4v) is 2.48. The summed E-state index contributed by atoms with van der Waals surface area (Å²) >= 11 is 3.16. The van der Waals surface area contributed by atoms with Gasteiger partial charge in [0.25, 0.3) is 5.91 Å². The smallest absolute Gasteiger partial charge is 0.254 e. The molecule has 3 rings (SSSR count). The molecule has 0 atom stereocenters. The van der Waals surface area contributed by atoms with E-state index in [1.807, 2.05) is 12.1 Å². The second-order valence-electron chi connectivity index (χ2n) is 4.78. The minimum absolute atomic E-state index is 0.0146. The predicted molar refractivity (Wildman–Crippen MR) is 82.7 cm³/mol. The molecule has 0 saturated carbocycles. The molecule has 0 radical (unpaired) electrons. The third-order valence-corrected chi connectivity index (χ3v) is 3.73. The van der Waals surface area contributed by atoms with E-state index in [1.165, 1.54) is 12.1 Å². The number of benzene rings is 2. The van der Waals surface area contributed by atoms with Gasteiger partial charge in [0.1, 0.15) is 19.0 Å². The van der Waals surface area contributed by atoms with E-state index in [0.717, 1.165) is 5.56 Å². The minimum Gasteiger partial charge on any atom is -0.486 e. The lowest BCUT2D eigenvalue weighted by molar-refractivity contribution is 0.0946. The average molecular weight is 366 g/mol. The fraction of sp³-hybridized carbons (Fsp3) is 0.188. The van der Waals surface area contributed by atoms with Gasteiger partial charge in [0.15, 0.2) is 11.5 Å². The molecule has 1 aliphatic heterocycles. The maximum absolute atomic E-state index is 13.7. The number of amides is 1. The van der Waals surface area contributed by atoms with Crippen LogP contribution in [0.1, 0.15) is 15.9 Å². The highest BCUT2D eigenvalue weighted by Crippen LogP contribution is 2.30. The standard InChI is InChI=1S/C16H13BrFNO3/c17-11-2-3-12(13(18)8-11)16(20)19-9-10-1-4-14-15(7-10)22-6-5-21-14/h1-4,7-8H,5-6,9H2,(H,19,20). The third-order valence-electron chi connectivity index (χ3n) is 3.24. The molecule has 2 aromatic carbocycles. The van der Waals surface area contributed by atoms with Crippen molar-refractivity contribution < 1.29 is 18.7 Å². The normalized spacial score (nSPS) is 12.8. The van der Waals surface area contributed by atoms with E-state index >= 15 is 0 Å². The highest BCUT2D eigenvalue weighted by molar-refractivity contribution is 9.10. The molecule has 1 aliphatic rings. The first kappa shape index (κ1) is 14.8. The van der Waals surface area contributed by atoms with Gasteiger partial charge in [-0.05, 0) is 35.9 Å². The second-order valence-corrected chi connectivity index (χ2v) is 5.70. The SMILES string of the molecule is O=C(NCc1ccc2c(c1)OCCO2)c1ccc(Br)cc1F. The van der Waals surface area contributed by atoms with Gasteiger partial charge in [0.05, 0.1) is 5.56 Å². The first-order chi connectivity index (χ1) is 10.6. The second kappa shape index (κ2) is 6.36. The molecule has 4 nitrogen and oxygen atoms in total. The number of halogens is 2. The monoisotopic (exact) mass is 365 g/mol. The quantitative estimate of drug-likeness (QED) is 0.907. The van der Waals surface area contributed by atoms with Gasteiger partial charge in [-0.2, -0.15) is 0 Å². The topological polar surface area (TPSA) is 47.6 Å². The van der Waals surface area contributed by atoms with E-state index in [2.05, 4.69) is 21.2 Å². The summed E-state index contributed by atoms with van der Waals surface area (Å²) in [7, 11) is 0. The van der Waals surface area contributed by atoms with Gasteiger partial charge in [-0.15, -0.1) is 0 Å². The largest absolute Gasteiger partial charge is 0.486 e. The summed E-state index contributed by atoms with van der Waals surface area (Å²) < 4.78 is 25.2. The summed E-state index contributed by atoms with van der Waals surface area (Å²) in [5.41, 5.74) is 0.871. The van der Waals surface area contributed by atoms with Crippen LogP contribution in [0.15, 0.2) is 40.9 Å². The maximum atomic E-state index is 13.7. The lowest BCUT2D eigenvalue weighted by Gasteiger charge is -2.19. The molecule has 1 amide bonds. The Hall–Kier alpha value is -2.08. The van der Waals surface area contributed by atoms with Crippen LogP contribution in [0.2, 0.25) is 0 Å². The van der Waals surface area contributed by atoms with Crippen molar-refractivity contribution in [3.63, 3.8) is 0 Å². The van der Waals surface area contributed by atoms with Crippen molar-refractivity contribution in [1.29, 1.82) is 0 Å². The molecule has 0 aliphatic carbocycles. The van der Waals surface area contributed by atoms with Crippen LogP contribution < -0.4 is 14.8 Å². The number of fused-ring (bicyclic) bond motifs is 1. The zero-order valence-electron chi connectivity index (χ0n) is 11.6. The zero-order valence-corrected chi connectivity index (χ0v) is 13.2. The molecule has 1 N–H and O–H groups in total. The van der Waals surface area contributed by atoms with E-state index in [9.17, 15) is 9.18 Å². The van der Waals surface area contributed by atoms with Gasteiger partial charge in [0.2, 0.25) is 0 Å². The van der Waals surface area contributed by atoms with E-state index < -0.39 is 11.7 Å². The summed E-state index contributed by atoms with van der Waals surface area (Å²) in [4.78, 5) is 12.0. The Labute approximate surface area is 135 Å². The van der Waals surface area contributed by atoms with Crippen LogP contribution in [0, 0.1) is 5.82 Å². The number of carbonyl (C=O) groups excluding carboxylic acids is 1. The van der Waals surface area contributed by atoms with Crippen molar-refractivity contribution in [1.82, 2.24) is 5.32 Å². The molecule has 1 heterocycles. The summed E-state index contributed by atoms with van der Waals surface area (Å²) in [6, 6.07) is 9.79. The van der Waals surface area contributed by atoms with Crippen LogP contribution in [0.5, 0.6) is 11.5 Å². The molecule has 114 valence electrons. The summed E-state index contributed by atoms with van der Waals surface area (Å²) in [5, 5.41) is 2.69. The first-order valence-corrected chi connectivity index (χ1v) is 7.54. The number of hydrogen-bond donors (Lipinski definition) is 1. The molecular weight excluding hydrogens is 353 g/mol. The van der Waals surface area contributed by atoms with Gasteiger partial charge in [-0.3, -0.25) is 4.79 Å². The maximum Gasteiger partial charge on any atom is 0.254 e. The predicted octanol–water partition coefficient (Wildman–Crippen LogP) is 3.29. The molecule has 0 saturated heterocycles. The lowest BCUT2D eigenvalue weighted by Crippen LogP contribution is -2.24. The molecule has 2 aromatic rings. The van der Waals surface area contributed by atoms with Crippen molar-refractivity contribution in [2.24, 2.45) is 0 Å². The summed E-state index contributed by atoms with van der Waals surface area (Å²) in [6.45, 7) is 1.32. The zero-order chi connectivity index (χ0) is 15.5. The van der Waals surface area contributed by atoms with Crippen LogP contribution >= 0.6 is 15.9 Å². The summed E-state index contributed by atoms with van der Waals surface area (Å²) in [5.74, 6) is 0.335. The highest BCUT2D eigenvalue weighted by atomic mass is 79.9. The Morgan fingerprint density at radius 2 is 1.91 bits per heavy atom. The van der Waals surface area contributed by atoms with E-state index in [-0.39, 0.29) is 12.1 Å². The highest BCUT2D eigenvalue weighted by Gasteiger charge is 2.14. The molecule has 0 aromatic heterocycles. The minimum atomic E-state index is -0.561. The Kier molecular flexibility index (Phi) is 4.29. The molecule has 0 bridgehead atoms. The lowest BCUT2D eigenvalue weighted by atomic mass is 10.1. The van der Waals surface area contributed by atoms with Gasteiger partial charge in [-0.1, -0.05) is 22.0 Å². The number of hydrogen-bond acceptors (Lipinski definition) is 3. The molecule has 22 heavy (non-hydrogen) atoms. The molecule has 0 fully saturated rings. The van der Waals surface area contributed by atoms with Crippen molar-refractivity contribution in [3.8, 4) is 11.5 Å². The molecule has 0 unspecified atom stereocenters. The van der Waals surface area contributed by atoms with E-state index in [0.29, 0.717) is 29.2 Å². The van der Waals surface area contributed by atoms with Crippen molar-refractivity contribution >= 4 is 21.8 Å². The van der Waals surface area contributed by atoms with Crippen molar-refractivity contribution in [2.45, 2.75) is 6.54 Å². The molecule has 0 spiro atoms. The Bertz CT molecular complexity index is 721. The van der Waals surface area contributed by atoms with Gasteiger partial charge < -0.3 is 14.8 Å². The van der Waals surface area contributed by atoms with E-state index in [1.54, 1.807) is 12.1 Å². The Morgan fingerprint density at radius 1 is 1.14 bits per heavy atom. The van der Waals surface area contributed by atoms with Crippen LogP contribution in [0.4, 0.5) is 4.39 Å². The Morgan fingerprint density at radius 3 is 2.68 bits per heavy atom. The van der Waals surface area contributed by atoms with Gasteiger partial charge in [0, 0.05) is 11.0 Å². The average Bonchev–Trinajstić information content (AvgIpc) is 2.52. The van der Waals surface area contributed by atoms with Crippen LogP contribution in [-0.2, 0) is 6.54 Å². The number of rotatable bonds is 3. The van der Waals surface area contributed by atoms with Crippen LogP contribution in [-0.4, -0.2) is 19.1 Å². The van der Waals surface area contributed by atoms with Gasteiger partial charge in [-0.25, -0.2) is 4.39 Å². The van der Waals surface area contributed by atoms with Crippen LogP contribution in [0.25, 0.3) is 0 Å². The number of carbonyl (C=O) groups is 1.